The van der Waals surface area contributed by atoms with Crippen LogP contribution < -0.4 is 10.0 Å². The Kier molecular flexibility index (Phi) is 7.72. The fraction of sp³-hybridized carbons (Fsp3) is 0.259. The first kappa shape index (κ1) is 27.5. The van der Waals surface area contributed by atoms with Crippen molar-refractivity contribution in [1.82, 2.24) is 20.0 Å². The molecule has 0 radical (unpaired) electrons. The number of hydrogen-bond acceptors (Lipinski definition) is 8. The van der Waals surface area contributed by atoms with Gasteiger partial charge in [0.15, 0.2) is 10.8 Å². The topological polar surface area (TPSA) is 130 Å². The Labute approximate surface area is 235 Å². The van der Waals surface area contributed by atoms with Crippen molar-refractivity contribution >= 4 is 44.7 Å². The van der Waals surface area contributed by atoms with Crippen LogP contribution in [0.2, 0.25) is 5.02 Å². The summed E-state index contributed by atoms with van der Waals surface area (Å²) in [4.78, 5) is 23.9. The van der Waals surface area contributed by atoms with Gasteiger partial charge in [0.1, 0.15) is 12.1 Å². The van der Waals surface area contributed by atoms with Crippen LogP contribution in [0.3, 0.4) is 0 Å². The van der Waals surface area contributed by atoms with Gasteiger partial charge in [-0.3, -0.25) is 14.5 Å². The number of benzene rings is 1. The smallest absolute Gasteiger partial charge is 0.280 e. The first-order chi connectivity index (χ1) is 19.1. The predicted molar refractivity (Wildman–Crippen MR) is 148 cm³/mol. The maximum absolute atomic E-state index is 13.8. The zero-order valence-corrected chi connectivity index (χ0v) is 23.3. The number of piperidine rings is 1. The molecule has 10 nitrogen and oxygen atoms in total. The Morgan fingerprint density at radius 3 is 2.50 bits per heavy atom. The van der Waals surface area contributed by atoms with Crippen molar-refractivity contribution in [3.63, 3.8) is 0 Å². The Morgan fingerprint density at radius 1 is 1.10 bits per heavy atom. The summed E-state index contributed by atoms with van der Waals surface area (Å²) in [5.41, 5.74) is 2.85. The van der Waals surface area contributed by atoms with Gasteiger partial charge in [-0.25, -0.2) is 9.37 Å². The van der Waals surface area contributed by atoms with Gasteiger partial charge < -0.3 is 14.7 Å². The van der Waals surface area contributed by atoms with E-state index in [-0.39, 0.29) is 45.3 Å². The number of carbonyl (C=O) groups is 1. The van der Waals surface area contributed by atoms with Crippen LogP contribution in [-0.2, 0) is 10.0 Å². The Hall–Kier alpha value is -4.03. The highest BCUT2D eigenvalue weighted by Gasteiger charge is 2.30. The molecule has 4 heterocycles. The lowest BCUT2D eigenvalue weighted by molar-refractivity contribution is 0.0713. The number of carbonyl (C=O) groups excluding carboxylic acids is 1. The van der Waals surface area contributed by atoms with Crippen LogP contribution in [0.4, 0.5) is 21.6 Å². The first-order valence-corrected chi connectivity index (χ1v) is 14.3. The summed E-state index contributed by atoms with van der Waals surface area (Å²) in [5.74, 6) is -0.380. The van der Waals surface area contributed by atoms with Crippen molar-refractivity contribution < 1.29 is 22.1 Å². The molecule has 5 rings (SSSR count). The number of sulfonamides is 1. The SMILES string of the molecule is Cc1ncc(Cl)cc1Nc1c(C(=O)N2CCC(c3ccc(F)cc3)CC2)cnc(S(=O)(=O)Nc2ccon2)c1C. The molecule has 2 N–H and O–H groups in total. The number of aryl methyl sites for hydroxylation is 1. The van der Waals surface area contributed by atoms with Crippen LogP contribution in [0, 0.1) is 19.7 Å². The molecule has 0 atom stereocenters. The first-order valence-electron chi connectivity index (χ1n) is 12.5. The average molecular weight is 585 g/mol. The lowest BCUT2D eigenvalue weighted by atomic mass is 9.89. The van der Waals surface area contributed by atoms with E-state index < -0.39 is 10.0 Å². The van der Waals surface area contributed by atoms with E-state index in [9.17, 15) is 17.6 Å². The molecule has 208 valence electrons. The van der Waals surface area contributed by atoms with Crippen LogP contribution in [0.5, 0.6) is 0 Å². The van der Waals surface area contributed by atoms with Gasteiger partial charge in [0, 0.05) is 37.1 Å². The van der Waals surface area contributed by atoms with Gasteiger partial charge in [-0.1, -0.05) is 28.9 Å². The van der Waals surface area contributed by atoms with E-state index in [1.165, 1.54) is 36.9 Å². The Bertz CT molecular complexity index is 1640. The zero-order valence-electron chi connectivity index (χ0n) is 21.7. The molecule has 40 heavy (non-hydrogen) atoms. The third-order valence-electron chi connectivity index (χ3n) is 6.87. The molecule has 0 aliphatic carbocycles. The van der Waals surface area contributed by atoms with E-state index in [0.29, 0.717) is 42.3 Å². The van der Waals surface area contributed by atoms with Crippen molar-refractivity contribution in [2.75, 3.05) is 23.1 Å². The van der Waals surface area contributed by atoms with E-state index in [0.717, 1.165) is 5.56 Å². The van der Waals surface area contributed by atoms with Gasteiger partial charge in [0.05, 0.1) is 27.7 Å². The van der Waals surface area contributed by atoms with E-state index in [4.69, 9.17) is 16.1 Å². The lowest BCUT2D eigenvalue weighted by Crippen LogP contribution is -2.38. The fourth-order valence-electron chi connectivity index (χ4n) is 4.73. The summed E-state index contributed by atoms with van der Waals surface area (Å²) in [7, 11) is -4.17. The molecule has 0 spiro atoms. The molecule has 1 aliphatic rings. The molecular weight excluding hydrogens is 559 g/mol. The number of likely N-dealkylation sites (tertiary alicyclic amines) is 1. The third kappa shape index (κ3) is 5.77. The van der Waals surface area contributed by atoms with Crippen LogP contribution in [-0.4, -0.2) is 47.4 Å². The second-order valence-corrected chi connectivity index (χ2v) is 11.5. The number of amides is 1. The van der Waals surface area contributed by atoms with Crippen LogP contribution in [0.1, 0.15) is 45.9 Å². The molecule has 4 aromatic rings. The van der Waals surface area contributed by atoms with Gasteiger partial charge in [-0.2, -0.15) is 8.42 Å². The predicted octanol–water partition coefficient (Wildman–Crippen LogP) is 5.44. The van der Waals surface area contributed by atoms with Gasteiger partial charge in [0.25, 0.3) is 15.9 Å². The minimum atomic E-state index is -4.17. The monoisotopic (exact) mass is 584 g/mol. The minimum Gasteiger partial charge on any atom is -0.363 e. The Balaban J connectivity index is 1.47. The highest BCUT2D eigenvalue weighted by molar-refractivity contribution is 7.92. The van der Waals surface area contributed by atoms with Crippen molar-refractivity contribution in [3.05, 3.63) is 88.3 Å². The van der Waals surface area contributed by atoms with Crippen molar-refractivity contribution in [3.8, 4) is 0 Å². The molecule has 0 bridgehead atoms. The van der Waals surface area contributed by atoms with E-state index >= 15 is 0 Å². The number of anilines is 3. The van der Waals surface area contributed by atoms with Gasteiger partial charge in [-0.15, -0.1) is 0 Å². The standard InChI is InChI=1S/C27H26ClFN6O4S/c1-16-25(32-23-13-20(28)14-30-17(23)2)22(15-31-26(16)40(37,38)34-24-9-12-39-33-24)27(36)35-10-7-19(8-11-35)18-3-5-21(29)6-4-18/h3-6,9,12-15,19H,7-8,10-11H2,1-2H3,(H,31,32)(H,33,34). The maximum atomic E-state index is 13.8. The normalized spacial score (nSPS) is 14.2. The maximum Gasteiger partial charge on any atom is 0.280 e. The molecule has 1 fully saturated rings. The molecule has 0 unspecified atom stereocenters. The zero-order chi connectivity index (χ0) is 28.4. The van der Waals surface area contributed by atoms with Crippen LogP contribution in [0.15, 0.2) is 64.6 Å². The minimum absolute atomic E-state index is 0.00484. The van der Waals surface area contributed by atoms with E-state index in [1.807, 2.05) is 0 Å². The summed E-state index contributed by atoms with van der Waals surface area (Å²) < 4.78 is 46.8. The molecule has 3 aromatic heterocycles. The number of halogens is 2. The summed E-state index contributed by atoms with van der Waals surface area (Å²) >= 11 is 6.17. The molecule has 1 saturated heterocycles. The molecule has 1 aliphatic heterocycles. The number of aromatic nitrogens is 3. The summed E-state index contributed by atoms with van der Waals surface area (Å²) in [5, 5.41) is 6.87. The number of nitrogens with one attached hydrogen (secondary N) is 2. The molecule has 0 saturated carbocycles. The molecular formula is C27H26ClFN6O4S. The summed E-state index contributed by atoms with van der Waals surface area (Å²) in [6.07, 6.45) is 5.40. The second kappa shape index (κ2) is 11.2. The molecule has 1 amide bonds. The van der Waals surface area contributed by atoms with Crippen molar-refractivity contribution in [2.45, 2.75) is 37.6 Å². The Morgan fingerprint density at radius 2 is 1.82 bits per heavy atom. The molecule has 1 aromatic carbocycles. The highest BCUT2D eigenvalue weighted by Crippen LogP contribution is 2.34. The summed E-state index contributed by atoms with van der Waals surface area (Å²) in [6.45, 7) is 4.29. The number of rotatable bonds is 7. The van der Waals surface area contributed by atoms with Gasteiger partial charge >= 0.3 is 0 Å². The highest BCUT2D eigenvalue weighted by atomic mass is 35.5. The quantitative estimate of drug-likeness (QED) is 0.294. The third-order valence-corrected chi connectivity index (χ3v) is 8.48. The fourth-order valence-corrected chi connectivity index (χ4v) is 6.06. The van der Waals surface area contributed by atoms with E-state index in [1.54, 1.807) is 36.9 Å². The van der Waals surface area contributed by atoms with Crippen molar-refractivity contribution in [1.29, 1.82) is 0 Å². The molecule has 13 heteroatoms. The number of pyridine rings is 2. The largest absolute Gasteiger partial charge is 0.363 e. The number of hydrogen-bond donors (Lipinski definition) is 2. The van der Waals surface area contributed by atoms with Crippen molar-refractivity contribution in [2.24, 2.45) is 0 Å². The van der Waals surface area contributed by atoms with Gasteiger partial charge in [-0.05, 0) is 56.4 Å². The van der Waals surface area contributed by atoms with Crippen LogP contribution in [0.25, 0.3) is 0 Å². The second-order valence-electron chi connectivity index (χ2n) is 9.50. The lowest BCUT2D eigenvalue weighted by Gasteiger charge is -2.33. The van der Waals surface area contributed by atoms with E-state index in [2.05, 4.69) is 25.2 Å². The summed E-state index contributed by atoms with van der Waals surface area (Å²) in [6, 6.07) is 9.45. The number of nitrogens with zero attached hydrogens (tertiary/aromatic N) is 4. The van der Waals surface area contributed by atoms with Crippen LogP contribution >= 0.6 is 11.6 Å². The average Bonchev–Trinajstić information content (AvgIpc) is 3.44. The van der Waals surface area contributed by atoms with Gasteiger partial charge in [0.2, 0.25) is 0 Å².